The van der Waals surface area contributed by atoms with E-state index in [0.29, 0.717) is 19.4 Å². The zero-order valence-corrected chi connectivity index (χ0v) is 44.9. The predicted molar refractivity (Wildman–Crippen MR) is 292 cm³/mol. The fraction of sp³-hybridized carbons (Fsp3) is 0.869. The lowest BCUT2D eigenvalue weighted by Crippen LogP contribution is -2.45. The summed E-state index contributed by atoms with van der Waals surface area (Å²) in [6.07, 6.45) is 70.2. The van der Waals surface area contributed by atoms with Crippen LogP contribution < -0.4 is 5.32 Å². The second kappa shape index (κ2) is 56.7. The highest BCUT2D eigenvalue weighted by Crippen LogP contribution is 2.17. The highest BCUT2D eigenvalue weighted by atomic mass is 16.5. The van der Waals surface area contributed by atoms with Gasteiger partial charge in [-0.15, -0.1) is 0 Å². The van der Waals surface area contributed by atoms with Gasteiger partial charge in [0.2, 0.25) is 5.91 Å². The molecule has 1 amide bonds. The molecule has 0 spiro atoms. The van der Waals surface area contributed by atoms with Crippen LogP contribution >= 0.6 is 0 Å². The van der Waals surface area contributed by atoms with E-state index in [0.717, 1.165) is 64.2 Å². The smallest absolute Gasteiger partial charge is 0.305 e. The second-order valence-corrected chi connectivity index (χ2v) is 20.3. The Bertz CT molecular complexity index is 1090. The average molecular weight is 943 g/mol. The Labute approximate surface area is 417 Å². The molecular formula is C61H115NO5. The second-order valence-electron chi connectivity index (χ2n) is 20.3. The van der Waals surface area contributed by atoms with Crippen molar-refractivity contribution >= 4 is 11.9 Å². The van der Waals surface area contributed by atoms with Gasteiger partial charge in [-0.3, -0.25) is 9.59 Å². The van der Waals surface area contributed by atoms with Crippen molar-refractivity contribution in [1.82, 2.24) is 5.32 Å². The summed E-state index contributed by atoms with van der Waals surface area (Å²) in [4.78, 5) is 24.6. The average Bonchev–Trinajstić information content (AvgIpc) is 3.33. The van der Waals surface area contributed by atoms with Crippen molar-refractivity contribution < 1.29 is 24.5 Å². The van der Waals surface area contributed by atoms with Gasteiger partial charge >= 0.3 is 5.97 Å². The first-order valence-corrected chi connectivity index (χ1v) is 29.8. The Kier molecular flexibility index (Phi) is 55.0. The zero-order valence-electron chi connectivity index (χ0n) is 44.9. The van der Waals surface area contributed by atoms with Gasteiger partial charge < -0.3 is 20.3 Å². The number of unbranched alkanes of at least 4 members (excludes halogenated alkanes) is 40. The summed E-state index contributed by atoms with van der Waals surface area (Å²) in [6, 6.07) is -0.650. The predicted octanol–water partition coefficient (Wildman–Crippen LogP) is 18.4. The van der Waals surface area contributed by atoms with Gasteiger partial charge in [-0.2, -0.15) is 0 Å². The molecule has 0 radical (unpaired) electrons. The fourth-order valence-electron chi connectivity index (χ4n) is 9.08. The van der Waals surface area contributed by atoms with Crippen LogP contribution in [0.4, 0.5) is 0 Å². The van der Waals surface area contributed by atoms with Gasteiger partial charge in [0.25, 0.3) is 0 Å². The molecule has 67 heavy (non-hydrogen) atoms. The Morgan fingerprint density at radius 3 is 1.16 bits per heavy atom. The Morgan fingerprint density at radius 1 is 0.418 bits per heavy atom. The third-order valence-corrected chi connectivity index (χ3v) is 13.7. The van der Waals surface area contributed by atoms with Crippen LogP contribution in [0.2, 0.25) is 0 Å². The van der Waals surface area contributed by atoms with Gasteiger partial charge in [0.05, 0.1) is 25.4 Å². The molecule has 0 aliphatic heterocycles. The number of ether oxygens (including phenoxy) is 1. The summed E-state index contributed by atoms with van der Waals surface area (Å²) in [5, 5.41) is 23.2. The highest BCUT2D eigenvalue weighted by Gasteiger charge is 2.18. The molecule has 2 atom stereocenters. The quantitative estimate of drug-likeness (QED) is 0.0321. The van der Waals surface area contributed by atoms with E-state index in [1.54, 1.807) is 6.08 Å². The van der Waals surface area contributed by atoms with Crippen molar-refractivity contribution in [3.63, 3.8) is 0 Å². The van der Waals surface area contributed by atoms with Gasteiger partial charge in [-0.1, -0.05) is 275 Å². The van der Waals surface area contributed by atoms with Crippen LogP contribution in [0.1, 0.15) is 316 Å². The van der Waals surface area contributed by atoms with E-state index in [-0.39, 0.29) is 18.5 Å². The van der Waals surface area contributed by atoms with Crippen molar-refractivity contribution in [1.29, 1.82) is 0 Å². The number of hydrogen-bond donors (Lipinski definition) is 3. The van der Waals surface area contributed by atoms with E-state index in [9.17, 15) is 19.8 Å². The summed E-state index contributed by atoms with van der Waals surface area (Å²) >= 11 is 0. The van der Waals surface area contributed by atoms with E-state index < -0.39 is 12.1 Å². The van der Waals surface area contributed by atoms with E-state index in [2.05, 4.69) is 43.5 Å². The standard InChI is InChI=1S/C61H115NO5/c1-3-5-7-9-11-13-15-17-19-21-23-24-25-27-28-30-32-34-37-41-45-49-53-59(64)58(57-63)62-60(65)54-50-46-42-38-36-40-44-48-52-56-67-61(66)55-51-47-43-39-35-33-31-29-26-22-20-18-16-14-12-10-8-6-4-2/h12,14,18,20,49,53,58-59,63-64H,3-11,13,15-17,19,21-48,50-52,54-57H2,1-2H3,(H,62,65)/b14-12-,20-18-,53-49+. The number of allylic oxidation sites excluding steroid dienone is 5. The van der Waals surface area contributed by atoms with Gasteiger partial charge in [0.15, 0.2) is 0 Å². The molecule has 6 heteroatoms. The molecule has 0 aromatic rings. The van der Waals surface area contributed by atoms with Crippen LogP contribution in [0.3, 0.4) is 0 Å². The lowest BCUT2D eigenvalue weighted by Gasteiger charge is -2.20. The highest BCUT2D eigenvalue weighted by molar-refractivity contribution is 5.76. The molecule has 0 saturated heterocycles. The van der Waals surface area contributed by atoms with Crippen LogP contribution in [-0.4, -0.2) is 47.4 Å². The van der Waals surface area contributed by atoms with Crippen LogP contribution in [0.5, 0.6) is 0 Å². The summed E-state index contributed by atoms with van der Waals surface area (Å²) in [7, 11) is 0. The van der Waals surface area contributed by atoms with Crippen molar-refractivity contribution in [2.75, 3.05) is 13.2 Å². The van der Waals surface area contributed by atoms with E-state index in [4.69, 9.17) is 4.74 Å². The van der Waals surface area contributed by atoms with Crippen molar-refractivity contribution in [3.05, 3.63) is 36.5 Å². The number of carbonyl (C=O) groups excluding carboxylic acids is 2. The third kappa shape index (κ3) is 53.3. The summed E-state index contributed by atoms with van der Waals surface area (Å²) in [6.45, 7) is 4.83. The maximum atomic E-state index is 12.5. The summed E-state index contributed by atoms with van der Waals surface area (Å²) in [5.41, 5.74) is 0. The van der Waals surface area contributed by atoms with Crippen molar-refractivity contribution in [2.45, 2.75) is 328 Å². The first kappa shape index (κ1) is 65.1. The van der Waals surface area contributed by atoms with E-state index >= 15 is 0 Å². The van der Waals surface area contributed by atoms with Gasteiger partial charge in [-0.05, 0) is 64.2 Å². The largest absolute Gasteiger partial charge is 0.466 e. The number of aliphatic hydroxyl groups excluding tert-OH is 2. The lowest BCUT2D eigenvalue weighted by atomic mass is 10.0. The molecule has 0 bridgehead atoms. The number of carbonyl (C=O) groups is 2. The monoisotopic (exact) mass is 942 g/mol. The van der Waals surface area contributed by atoms with Crippen molar-refractivity contribution in [2.24, 2.45) is 0 Å². The Balaban J connectivity index is 3.50. The molecule has 3 N–H and O–H groups in total. The normalized spacial score (nSPS) is 12.8. The van der Waals surface area contributed by atoms with Crippen LogP contribution in [0, 0.1) is 0 Å². The number of rotatable bonds is 55. The SMILES string of the molecule is CCCCC/C=C\C/C=C\CCCCCCCCCCCC(=O)OCCCCCCCCCCCC(=O)NC(CO)C(O)/C=C/CCCCCCCCCCCCCCCCCCCCCC. The maximum Gasteiger partial charge on any atom is 0.305 e. The molecule has 0 heterocycles. The molecule has 394 valence electrons. The molecule has 0 aliphatic rings. The molecular weight excluding hydrogens is 827 g/mol. The first-order chi connectivity index (χ1) is 33.0. The summed E-state index contributed by atoms with van der Waals surface area (Å²) in [5.74, 6) is -0.124. The maximum absolute atomic E-state index is 12.5. The summed E-state index contributed by atoms with van der Waals surface area (Å²) < 4.78 is 5.47. The number of nitrogens with one attached hydrogen (secondary N) is 1. The third-order valence-electron chi connectivity index (χ3n) is 13.7. The first-order valence-electron chi connectivity index (χ1n) is 29.8. The van der Waals surface area contributed by atoms with Crippen LogP contribution in [-0.2, 0) is 14.3 Å². The van der Waals surface area contributed by atoms with Crippen LogP contribution in [0.25, 0.3) is 0 Å². The molecule has 0 rings (SSSR count). The van der Waals surface area contributed by atoms with Gasteiger partial charge in [0, 0.05) is 12.8 Å². The molecule has 0 aliphatic carbocycles. The number of hydrogen-bond acceptors (Lipinski definition) is 5. The molecule has 0 fully saturated rings. The van der Waals surface area contributed by atoms with Crippen molar-refractivity contribution in [3.8, 4) is 0 Å². The van der Waals surface area contributed by atoms with E-state index in [1.165, 1.54) is 225 Å². The number of amides is 1. The molecule has 6 nitrogen and oxygen atoms in total. The molecule has 2 unspecified atom stereocenters. The van der Waals surface area contributed by atoms with Gasteiger partial charge in [0.1, 0.15) is 0 Å². The van der Waals surface area contributed by atoms with Crippen LogP contribution in [0.15, 0.2) is 36.5 Å². The van der Waals surface area contributed by atoms with Gasteiger partial charge in [-0.25, -0.2) is 0 Å². The number of esters is 1. The molecule has 0 aromatic carbocycles. The fourth-order valence-corrected chi connectivity index (χ4v) is 9.08. The minimum Gasteiger partial charge on any atom is -0.466 e. The Hall–Kier alpha value is -1.92. The molecule has 0 aromatic heterocycles. The molecule has 0 saturated carbocycles. The Morgan fingerprint density at radius 2 is 0.746 bits per heavy atom. The minimum atomic E-state index is -0.864. The zero-order chi connectivity index (χ0) is 48.6. The lowest BCUT2D eigenvalue weighted by molar-refractivity contribution is -0.143. The number of aliphatic hydroxyl groups is 2. The topological polar surface area (TPSA) is 95.9 Å². The minimum absolute atomic E-state index is 0.0305. The van der Waals surface area contributed by atoms with E-state index in [1.807, 2.05) is 6.08 Å².